The first-order valence-electron chi connectivity index (χ1n) is 7.70. The van der Waals surface area contributed by atoms with Gasteiger partial charge in [-0.1, -0.05) is 0 Å². The molecule has 2 bridgehead atoms. The van der Waals surface area contributed by atoms with Crippen molar-refractivity contribution in [2.45, 2.75) is 25.8 Å². The van der Waals surface area contributed by atoms with E-state index in [1.165, 1.54) is 19.5 Å². The van der Waals surface area contributed by atoms with Gasteiger partial charge in [-0.3, -0.25) is 4.79 Å². The molecule has 2 aromatic rings. The summed E-state index contributed by atoms with van der Waals surface area (Å²) in [6.45, 7) is 5.40. The fraction of sp³-hybridized carbons (Fsp3) is 0.471. The minimum Gasteiger partial charge on any atom is -0.464 e. The number of carbonyl (C=O) groups is 1. The molecule has 2 aliphatic heterocycles. The van der Waals surface area contributed by atoms with Crippen LogP contribution in [0.3, 0.4) is 0 Å². The average Bonchev–Trinajstić information content (AvgIpc) is 3.02. The Morgan fingerprint density at radius 1 is 1.38 bits per heavy atom. The zero-order valence-electron chi connectivity index (χ0n) is 12.3. The van der Waals surface area contributed by atoms with Crippen LogP contribution in [0.2, 0.25) is 0 Å². The predicted octanol–water partition coefficient (Wildman–Crippen LogP) is 2.57. The van der Waals surface area contributed by atoms with Crippen molar-refractivity contribution in [2.24, 2.45) is 5.92 Å². The zero-order chi connectivity index (χ0) is 14.4. The van der Waals surface area contributed by atoms with Crippen molar-refractivity contribution >= 4 is 16.9 Å². The van der Waals surface area contributed by atoms with Crippen molar-refractivity contribution in [3.63, 3.8) is 0 Å². The minimum atomic E-state index is 0.0324. The van der Waals surface area contributed by atoms with Crippen molar-refractivity contribution in [1.29, 1.82) is 0 Å². The van der Waals surface area contributed by atoms with Gasteiger partial charge in [0.2, 0.25) is 0 Å². The third-order valence-corrected chi connectivity index (χ3v) is 4.83. The normalized spacial score (nSPS) is 28.0. The van der Waals surface area contributed by atoms with Gasteiger partial charge in [0.25, 0.3) is 5.91 Å². The van der Waals surface area contributed by atoms with Gasteiger partial charge in [-0.25, -0.2) is 0 Å². The lowest BCUT2D eigenvalue weighted by atomic mass is 9.96. The number of nitrogens with one attached hydrogen (secondary N) is 1. The highest BCUT2D eigenvalue weighted by molar-refractivity contribution is 5.98. The molecule has 4 heteroatoms. The summed E-state index contributed by atoms with van der Waals surface area (Å²) in [5.74, 6) is 0.799. The molecule has 0 spiro atoms. The number of hydrogen-bond donors (Lipinski definition) is 1. The smallest absolute Gasteiger partial charge is 0.251 e. The molecular weight excluding hydrogens is 264 g/mol. The molecule has 2 fully saturated rings. The van der Waals surface area contributed by atoms with Crippen molar-refractivity contribution < 1.29 is 9.21 Å². The summed E-state index contributed by atoms with van der Waals surface area (Å²) in [6, 6.07) is 5.95. The number of benzene rings is 1. The Balaban J connectivity index is 1.52. The second kappa shape index (κ2) is 4.88. The Morgan fingerprint density at radius 2 is 2.29 bits per heavy atom. The maximum atomic E-state index is 12.5. The molecule has 3 atom stereocenters. The van der Waals surface area contributed by atoms with Crippen LogP contribution in [0.15, 0.2) is 28.9 Å². The first-order valence-corrected chi connectivity index (χ1v) is 7.70. The largest absolute Gasteiger partial charge is 0.464 e. The summed E-state index contributed by atoms with van der Waals surface area (Å²) in [7, 11) is 0. The molecule has 3 heterocycles. The highest BCUT2D eigenvalue weighted by Gasteiger charge is 2.32. The maximum Gasteiger partial charge on any atom is 0.251 e. The highest BCUT2D eigenvalue weighted by atomic mass is 16.3. The number of fused-ring (bicyclic) bond motifs is 3. The standard InChI is InChI=1S/C17H20N2O2/c1-11-10-21-16-3-2-13(7-15(11)16)17(20)18-14-6-12-4-5-19(8-12)9-14/h2-3,7,10,12,14H,4-6,8-9H2,1H3,(H,18,20). The number of carbonyl (C=O) groups excluding carboxylic acids is 1. The molecule has 4 nitrogen and oxygen atoms in total. The average molecular weight is 284 g/mol. The Labute approximate surface area is 124 Å². The predicted molar refractivity (Wildman–Crippen MR) is 81.4 cm³/mol. The van der Waals surface area contributed by atoms with E-state index >= 15 is 0 Å². The Morgan fingerprint density at radius 3 is 3.14 bits per heavy atom. The van der Waals surface area contributed by atoms with Crippen molar-refractivity contribution in [3.8, 4) is 0 Å². The molecule has 1 amide bonds. The van der Waals surface area contributed by atoms with E-state index < -0.39 is 0 Å². The molecule has 4 rings (SSSR count). The first-order chi connectivity index (χ1) is 10.2. The fourth-order valence-electron chi connectivity index (χ4n) is 3.73. The Hall–Kier alpha value is -1.81. The molecule has 0 radical (unpaired) electrons. The van der Waals surface area contributed by atoms with Crippen LogP contribution in [-0.4, -0.2) is 36.5 Å². The summed E-state index contributed by atoms with van der Waals surface area (Å²) >= 11 is 0. The van der Waals surface area contributed by atoms with Crippen LogP contribution in [0.4, 0.5) is 0 Å². The number of nitrogens with zero attached hydrogens (tertiary/aromatic N) is 1. The van der Waals surface area contributed by atoms with Gasteiger partial charge < -0.3 is 14.6 Å². The van der Waals surface area contributed by atoms with Crippen molar-refractivity contribution in [3.05, 3.63) is 35.6 Å². The van der Waals surface area contributed by atoms with E-state index in [0.717, 1.165) is 41.0 Å². The molecule has 21 heavy (non-hydrogen) atoms. The van der Waals surface area contributed by atoms with Gasteiger partial charge in [0.1, 0.15) is 5.58 Å². The van der Waals surface area contributed by atoms with Gasteiger partial charge in [-0.2, -0.15) is 0 Å². The SMILES string of the molecule is Cc1coc2ccc(C(=O)NC3CC4CCN(C4)C3)cc12. The van der Waals surface area contributed by atoms with E-state index in [9.17, 15) is 4.79 Å². The summed E-state index contributed by atoms with van der Waals surface area (Å²) < 4.78 is 5.43. The van der Waals surface area contributed by atoms with E-state index in [-0.39, 0.29) is 5.91 Å². The fourth-order valence-corrected chi connectivity index (χ4v) is 3.73. The van der Waals surface area contributed by atoms with Gasteiger partial charge in [0.05, 0.1) is 6.26 Å². The lowest BCUT2D eigenvalue weighted by Crippen LogP contribution is -2.47. The number of piperidine rings is 1. The topological polar surface area (TPSA) is 45.5 Å². The molecule has 0 aliphatic carbocycles. The Bertz CT molecular complexity index is 679. The van der Waals surface area contributed by atoms with Gasteiger partial charge in [0, 0.05) is 30.1 Å². The van der Waals surface area contributed by atoms with E-state index in [1.807, 2.05) is 25.1 Å². The number of furan rings is 1. The van der Waals surface area contributed by atoms with Gasteiger partial charge in [-0.15, -0.1) is 0 Å². The first kappa shape index (κ1) is 12.9. The van der Waals surface area contributed by atoms with Crippen LogP contribution in [-0.2, 0) is 0 Å². The molecule has 110 valence electrons. The third kappa shape index (κ3) is 2.33. The zero-order valence-corrected chi connectivity index (χ0v) is 12.3. The summed E-state index contributed by atoms with van der Waals surface area (Å²) in [5, 5.41) is 4.22. The van der Waals surface area contributed by atoms with Gasteiger partial charge >= 0.3 is 0 Å². The molecule has 3 unspecified atom stereocenters. The van der Waals surface area contributed by atoms with Gasteiger partial charge in [-0.05, 0) is 56.0 Å². The van der Waals surface area contributed by atoms with Crippen LogP contribution in [0.25, 0.3) is 11.0 Å². The van der Waals surface area contributed by atoms with Crippen molar-refractivity contribution in [2.75, 3.05) is 19.6 Å². The second-order valence-electron chi connectivity index (χ2n) is 6.45. The minimum absolute atomic E-state index is 0.0324. The molecule has 1 N–H and O–H groups in total. The van der Waals surface area contributed by atoms with E-state index in [0.29, 0.717) is 6.04 Å². The number of amides is 1. The van der Waals surface area contributed by atoms with Gasteiger partial charge in [0.15, 0.2) is 0 Å². The van der Waals surface area contributed by atoms with E-state index in [4.69, 9.17) is 4.42 Å². The second-order valence-corrected chi connectivity index (χ2v) is 6.45. The third-order valence-electron chi connectivity index (χ3n) is 4.83. The van der Waals surface area contributed by atoms with Crippen LogP contribution in [0.1, 0.15) is 28.8 Å². The van der Waals surface area contributed by atoms with Crippen LogP contribution < -0.4 is 5.32 Å². The Kier molecular flexibility index (Phi) is 3.00. The molecular formula is C17H20N2O2. The lowest BCUT2D eigenvalue weighted by Gasteiger charge is -2.30. The summed E-state index contributed by atoms with van der Waals surface area (Å²) in [6.07, 6.45) is 4.14. The quantitative estimate of drug-likeness (QED) is 0.922. The molecule has 2 aliphatic rings. The summed E-state index contributed by atoms with van der Waals surface area (Å²) in [5.41, 5.74) is 2.63. The summed E-state index contributed by atoms with van der Waals surface area (Å²) in [4.78, 5) is 14.9. The molecule has 2 saturated heterocycles. The monoisotopic (exact) mass is 284 g/mol. The molecule has 0 saturated carbocycles. The molecule has 1 aromatic carbocycles. The number of hydrogen-bond acceptors (Lipinski definition) is 3. The number of aryl methyl sites for hydroxylation is 1. The van der Waals surface area contributed by atoms with E-state index in [1.54, 1.807) is 6.26 Å². The lowest BCUT2D eigenvalue weighted by molar-refractivity contribution is 0.0909. The maximum absolute atomic E-state index is 12.5. The van der Waals surface area contributed by atoms with Crippen LogP contribution in [0.5, 0.6) is 0 Å². The van der Waals surface area contributed by atoms with E-state index in [2.05, 4.69) is 10.2 Å². The molecule has 1 aromatic heterocycles. The number of rotatable bonds is 2. The van der Waals surface area contributed by atoms with Crippen LogP contribution >= 0.6 is 0 Å². The van der Waals surface area contributed by atoms with Crippen LogP contribution in [0, 0.1) is 12.8 Å². The van der Waals surface area contributed by atoms with Crippen molar-refractivity contribution in [1.82, 2.24) is 10.2 Å². The highest BCUT2D eigenvalue weighted by Crippen LogP contribution is 2.27.